The van der Waals surface area contributed by atoms with Crippen molar-refractivity contribution < 1.29 is 9.53 Å². The third-order valence-electron chi connectivity index (χ3n) is 5.52. The summed E-state index contributed by atoms with van der Waals surface area (Å²) in [4.78, 5) is 28.0. The molecule has 1 fully saturated rings. The highest BCUT2D eigenvalue weighted by atomic mass is 16.5. The van der Waals surface area contributed by atoms with E-state index in [1.54, 1.807) is 19.5 Å². The van der Waals surface area contributed by atoms with Gasteiger partial charge in [0.25, 0.3) is 5.91 Å². The number of hydrogen-bond donors (Lipinski definition) is 0. The summed E-state index contributed by atoms with van der Waals surface area (Å²) in [5, 5.41) is 0. The average Bonchev–Trinajstić information content (AvgIpc) is 2.79. The first kappa shape index (κ1) is 20.0. The molecule has 1 unspecified atom stereocenters. The molecule has 1 aliphatic rings. The van der Waals surface area contributed by atoms with Crippen LogP contribution in [0.1, 0.15) is 46.3 Å². The Morgan fingerprint density at radius 2 is 1.83 bits per heavy atom. The maximum atomic E-state index is 12.9. The molecule has 0 radical (unpaired) electrons. The van der Waals surface area contributed by atoms with Gasteiger partial charge in [-0.1, -0.05) is 12.1 Å². The molecule has 2 aromatic heterocycles. The predicted octanol–water partition coefficient (Wildman–Crippen LogP) is 4.18. The third-order valence-corrected chi connectivity index (χ3v) is 5.52. The molecule has 1 aromatic carbocycles. The predicted molar refractivity (Wildman–Crippen MR) is 116 cm³/mol. The first-order valence-electron chi connectivity index (χ1n) is 10.2. The molecule has 0 bridgehead atoms. The van der Waals surface area contributed by atoms with E-state index >= 15 is 0 Å². The minimum atomic E-state index is -0.0600. The van der Waals surface area contributed by atoms with Crippen molar-refractivity contribution in [1.82, 2.24) is 19.9 Å². The van der Waals surface area contributed by atoms with Gasteiger partial charge in [-0.15, -0.1) is 0 Å². The molecule has 30 heavy (non-hydrogen) atoms. The van der Waals surface area contributed by atoms with Crippen molar-refractivity contribution >= 4 is 5.91 Å². The number of methoxy groups -OCH3 is 1. The second kappa shape index (κ2) is 8.61. The van der Waals surface area contributed by atoms with Crippen LogP contribution >= 0.6 is 0 Å². The van der Waals surface area contributed by atoms with Crippen LogP contribution < -0.4 is 4.74 Å². The topological polar surface area (TPSA) is 68.2 Å². The summed E-state index contributed by atoms with van der Waals surface area (Å²) in [7, 11) is 1.67. The minimum Gasteiger partial charge on any atom is -0.497 e. The van der Waals surface area contributed by atoms with Crippen molar-refractivity contribution in [3.63, 3.8) is 0 Å². The molecule has 6 heteroatoms. The fourth-order valence-corrected chi connectivity index (χ4v) is 3.92. The zero-order chi connectivity index (χ0) is 21.1. The van der Waals surface area contributed by atoms with E-state index in [2.05, 4.69) is 34.2 Å². The van der Waals surface area contributed by atoms with Gasteiger partial charge in [-0.05, 0) is 62.1 Å². The first-order chi connectivity index (χ1) is 14.5. The molecular weight excluding hydrogens is 376 g/mol. The second-order valence-electron chi connectivity index (χ2n) is 7.78. The Kier molecular flexibility index (Phi) is 5.74. The lowest BCUT2D eigenvalue weighted by molar-refractivity contribution is 0.0699. The molecule has 1 atom stereocenters. The van der Waals surface area contributed by atoms with Crippen LogP contribution in [0.3, 0.4) is 0 Å². The molecule has 0 saturated carbocycles. The molecule has 0 spiro atoms. The Morgan fingerprint density at radius 3 is 2.53 bits per heavy atom. The number of carbonyl (C=O) groups is 1. The Bertz CT molecular complexity index is 1030. The molecule has 4 rings (SSSR count). The Balaban J connectivity index is 1.56. The van der Waals surface area contributed by atoms with E-state index in [1.165, 1.54) is 0 Å². The van der Waals surface area contributed by atoms with E-state index in [9.17, 15) is 4.79 Å². The first-order valence-corrected chi connectivity index (χ1v) is 10.2. The van der Waals surface area contributed by atoms with E-state index in [0.29, 0.717) is 12.2 Å². The molecule has 1 aliphatic heterocycles. The number of aromatic nitrogens is 3. The van der Waals surface area contributed by atoms with Gasteiger partial charge < -0.3 is 9.64 Å². The maximum Gasteiger partial charge on any atom is 0.274 e. The van der Waals surface area contributed by atoms with Crippen molar-refractivity contribution in [2.24, 2.45) is 0 Å². The maximum absolute atomic E-state index is 12.9. The van der Waals surface area contributed by atoms with Crippen LogP contribution in [-0.4, -0.2) is 46.0 Å². The number of rotatable bonds is 4. The highest BCUT2D eigenvalue weighted by Crippen LogP contribution is 2.30. The summed E-state index contributed by atoms with van der Waals surface area (Å²) in [5.41, 5.74) is 5.48. The van der Waals surface area contributed by atoms with Gasteiger partial charge in [0.1, 0.15) is 11.4 Å². The number of hydrogen-bond acceptors (Lipinski definition) is 5. The normalized spacial score (nSPS) is 16.4. The number of likely N-dealkylation sites (tertiary alicyclic amines) is 1. The molecule has 0 N–H and O–H groups in total. The van der Waals surface area contributed by atoms with E-state index < -0.39 is 0 Å². The van der Waals surface area contributed by atoms with Gasteiger partial charge in [-0.25, -0.2) is 4.98 Å². The molecule has 0 aliphatic carbocycles. The fraction of sp³-hybridized carbons (Fsp3) is 0.333. The molecular formula is C24H26N4O2. The quantitative estimate of drug-likeness (QED) is 0.655. The van der Waals surface area contributed by atoms with Gasteiger partial charge in [0.2, 0.25) is 0 Å². The van der Waals surface area contributed by atoms with Crippen LogP contribution in [-0.2, 0) is 0 Å². The molecule has 1 amide bonds. The number of amides is 1. The van der Waals surface area contributed by atoms with E-state index in [1.807, 2.05) is 30.9 Å². The highest BCUT2D eigenvalue weighted by Gasteiger charge is 2.27. The van der Waals surface area contributed by atoms with E-state index in [4.69, 9.17) is 9.72 Å². The monoisotopic (exact) mass is 402 g/mol. The van der Waals surface area contributed by atoms with Crippen molar-refractivity contribution in [1.29, 1.82) is 0 Å². The summed E-state index contributed by atoms with van der Waals surface area (Å²) >= 11 is 0. The molecule has 3 aromatic rings. The molecule has 154 valence electrons. The van der Waals surface area contributed by atoms with Crippen LogP contribution in [0.4, 0.5) is 0 Å². The summed E-state index contributed by atoms with van der Waals surface area (Å²) in [6.07, 6.45) is 5.16. The van der Waals surface area contributed by atoms with Crippen LogP contribution in [0.25, 0.3) is 11.1 Å². The average molecular weight is 402 g/mol. The van der Waals surface area contributed by atoms with E-state index in [-0.39, 0.29) is 11.8 Å². The smallest absolute Gasteiger partial charge is 0.274 e. The lowest BCUT2D eigenvalue weighted by Crippen LogP contribution is -2.39. The number of nitrogens with zero attached hydrogens (tertiary/aromatic N) is 4. The van der Waals surface area contributed by atoms with Gasteiger partial charge in [0.05, 0.1) is 19.0 Å². The van der Waals surface area contributed by atoms with Gasteiger partial charge in [0, 0.05) is 36.6 Å². The van der Waals surface area contributed by atoms with Gasteiger partial charge >= 0.3 is 0 Å². The van der Waals surface area contributed by atoms with Crippen LogP contribution in [0.15, 0.2) is 48.8 Å². The second-order valence-corrected chi connectivity index (χ2v) is 7.78. The lowest BCUT2D eigenvalue weighted by atomic mass is 9.92. The summed E-state index contributed by atoms with van der Waals surface area (Å²) in [6, 6.07) is 12.3. The third kappa shape index (κ3) is 4.32. The van der Waals surface area contributed by atoms with Crippen molar-refractivity contribution in [3.8, 4) is 16.9 Å². The fourth-order valence-electron chi connectivity index (χ4n) is 3.92. The Morgan fingerprint density at radius 1 is 1.03 bits per heavy atom. The number of benzene rings is 1. The lowest BCUT2D eigenvalue weighted by Gasteiger charge is -2.32. The molecule has 6 nitrogen and oxygen atoms in total. The minimum absolute atomic E-state index is 0.0600. The van der Waals surface area contributed by atoms with Crippen LogP contribution in [0.5, 0.6) is 5.75 Å². The molecule has 1 saturated heterocycles. The van der Waals surface area contributed by atoms with Gasteiger partial charge in [-0.2, -0.15) is 0 Å². The standard InChI is InChI=1S/C24H26N4O2/c1-16-11-20(18-6-8-21(30-3)9-7-18)12-22(27-16)19-5-4-10-28(15-19)24(29)23-14-25-17(2)13-26-23/h6-9,11-14,19H,4-5,10,15H2,1-3H3. The van der Waals surface area contributed by atoms with Crippen molar-refractivity contribution in [2.45, 2.75) is 32.6 Å². The van der Waals surface area contributed by atoms with Crippen molar-refractivity contribution in [2.75, 3.05) is 20.2 Å². The van der Waals surface area contributed by atoms with Crippen LogP contribution in [0.2, 0.25) is 0 Å². The number of piperidine rings is 1. The van der Waals surface area contributed by atoms with E-state index in [0.717, 1.165) is 53.3 Å². The number of aryl methyl sites for hydroxylation is 2. The van der Waals surface area contributed by atoms with Crippen molar-refractivity contribution in [3.05, 3.63) is 71.6 Å². The van der Waals surface area contributed by atoms with Gasteiger partial charge in [-0.3, -0.25) is 14.8 Å². The zero-order valence-electron chi connectivity index (χ0n) is 17.6. The Labute approximate surface area is 177 Å². The number of carbonyl (C=O) groups excluding carboxylic acids is 1. The zero-order valence-corrected chi connectivity index (χ0v) is 17.6. The summed E-state index contributed by atoms with van der Waals surface area (Å²) in [5.74, 6) is 0.985. The Hall–Kier alpha value is -3.28. The summed E-state index contributed by atoms with van der Waals surface area (Å²) in [6.45, 7) is 5.26. The summed E-state index contributed by atoms with van der Waals surface area (Å²) < 4.78 is 5.27. The largest absolute Gasteiger partial charge is 0.497 e. The number of ether oxygens (including phenoxy) is 1. The molecule has 3 heterocycles. The number of pyridine rings is 1. The van der Waals surface area contributed by atoms with Gasteiger partial charge in [0.15, 0.2) is 0 Å². The highest BCUT2D eigenvalue weighted by molar-refractivity contribution is 5.92. The SMILES string of the molecule is COc1ccc(-c2cc(C)nc(C3CCCN(C(=O)c4cnc(C)cn4)C3)c2)cc1. The van der Waals surface area contributed by atoms with Crippen LogP contribution in [0, 0.1) is 13.8 Å².